The van der Waals surface area contributed by atoms with Gasteiger partial charge in [-0.15, -0.1) is 11.6 Å². The van der Waals surface area contributed by atoms with Gasteiger partial charge in [-0.3, -0.25) is 0 Å². The lowest BCUT2D eigenvalue weighted by atomic mass is 10.2. The summed E-state index contributed by atoms with van der Waals surface area (Å²) in [4.78, 5) is 0.331. The first-order valence-corrected chi connectivity index (χ1v) is 8.95. The molecule has 0 aliphatic heterocycles. The van der Waals surface area contributed by atoms with Crippen molar-refractivity contribution >= 4 is 21.6 Å². The minimum absolute atomic E-state index is 0.244. The number of aryl methyl sites for hydroxylation is 1. The van der Waals surface area contributed by atoms with Gasteiger partial charge in [0.2, 0.25) is 10.0 Å². The highest BCUT2D eigenvalue weighted by atomic mass is 35.5. The molecule has 0 saturated carbocycles. The predicted octanol–water partition coefficient (Wildman–Crippen LogP) is 3.03. The fourth-order valence-corrected chi connectivity index (χ4v) is 4.08. The van der Waals surface area contributed by atoms with Crippen LogP contribution in [0, 0.1) is 12.8 Å². The molecule has 1 aromatic carbocycles. The molecular formula is C15H24ClNO3S. The summed E-state index contributed by atoms with van der Waals surface area (Å²) in [6.07, 6.45) is 0. The Bertz CT molecular complexity index is 558. The molecule has 6 heteroatoms. The maximum absolute atomic E-state index is 12.9. The maximum Gasteiger partial charge on any atom is 0.243 e. The average Bonchev–Trinajstić information content (AvgIpc) is 2.43. The second-order valence-electron chi connectivity index (χ2n) is 5.48. The van der Waals surface area contributed by atoms with E-state index in [1.165, 1.54) is 4.31 Å². The molecule has 1 rings (SSSR count). The lowest BCUT2D eigenvalue weighted by molar-refractivity contribution is 0.175. The Morgan fingerprint density at radius 2 is 2.00 bits per heavy atom. The van der Waals surface area contributed by atoms with Crippen LogP contribution in [-0.4, -0.2) is 39.5 Å². The van der Waals surface area contributed by atoms with Gasteiger partial charge in [-0.1, -0.05) is 26.0 Å². The van der Waals surface area contributed by atoms with Gasteiger partial charge in [0.1, 0.15) is 0 Å². The van der Waals surface area contributed by atoms with Crippen LogP contribution in [0.5, 0.6) is 0 Å². The summed E-state index contributed by atoms with van der Waals surface area (Å²) >= 11 is 5.82. The summed E-state index contributed by atoms with van der Waals surface area (Å²) < 4.78 is 32.3. The van der Waals surface area contributed by atoms with E-state index in [2.05, 4.69) is 0 Å². The molecule has 0 bridgehead atoms. The number of alkyl halides is 1. The summed E-state index contributed by atoms with van der Waals surface area (Å²) in [6.45, 7) is 6.99. The van der Waals surface area contributed by atoms with Crippen molar-refractivity contribution in [2.45, 2.75) is 31.5 Å². The Balaban J connectivity index is 3.20. The second-order valence-corrected chi connectivity index (χ2v) is 7.66. The van der Waals surface area contributed by atoms with Gasteiger partial charge in [0.15, 0.2) is 0 Å². The van der Waals surface area contributed by atoms with Crippen LogP contribution < -0.4 is 0 Å². The number of rotatable bonds is 8. The van der Waals surface area contributed by atoms with E-state index in [0.717, 1.165) is 11.1 Å². The molecule has 0 unspecified atom stereocenters. The lowest BCUT2D eigenvalue weighted by Gasteiger charge is -2.24. The minimum Gasteiger partial charge on any atom is -0.383 e. The van der Waals surface area contributed by atoms with Gasteiger partial charge in [-0.05, 0) is 30.0 Å². The summed E-state index contributed by atoms with van der Waals surface area (Å²) in [5, 5.41) is 0. The molecule has 0 radical (unpaired) electrons. The van der Waals surface area contributed by atoms with Gasteiger partial charge in [-0.25, -0.2) is 8.42 Å². The molecule has 4 nitrogen and oxygen atoms in total. The number of methoxy groups -OCH3 is 1. The lowest BCUT2D eigenvalue weighted by Crippen LogP contribution is -2.37. The van der Waals surface area contributed by atoms with Crippen molar-refractivity contribution in [2.75, 3.05) is 26.8 Å². The van der Waals surface area contributed by atoms with E-state index in [4.69, 9.17) is 16.3 Å². The van der Waals surface area contributed by atoms with Gasteiger partial charge in [0.25, 0.3) is 0 Å². The zero-order chi connectivity index (χ0) is 16.0. The molecule has 0 aliphatic rings. The Hall–Kier alpha value is -0.620. The van der Waals surface area contributed by atoms with Crippen LogP contribution in [0.1, 0.15) is 25.0 Å². The minimum atomic E-state index is -3.54. The van der Waals surface area contributed by atoms with E-state index < -0.39 is 10.0 Å². The monoisotopic (exact) mass is 333 g/mol. The average molecular weight is 334 g/mol. The Labute approximate surface area is 133 Å². The molecule has 0 saturated heterocycles. The van der Waals surface area contributed by atoms with Gasteiger partial charge in [0, 0.05) is 26.1 Å². The van der Waals surface area contributed by atoms with Gasteiger partial charge in [0.05, 0.1) is 11.5 Å². The third-order valence-electron chi connectivity index (χ3n) is 3.14. The smallest absolute Gasteiger partial charge is 0.243 e. The van der Waals surface area contributed by atoms with Crippen LogP contribution in [0.15, 0.2) is 23.1 Å². The Kier molecular flexibility index (Phi) is 7.13. The van der Waals surface area contributed by atoms with Crippen molar-refractivity contribution in [1.82, 2.24) is 4.31 Å². The van der Waals surface area contributed by atoms with Crippen molar-refractivity contribution in [2.24, 2.45) is 5.92 Å². The van der Waals surface area contributed by atoms with Crippen LogP contribution in [0.2, 0.25) is 0 Å². The molecular weight excluding hydrogens is 310 g/mol. The van der Waals surface area contributed by atoms with Crippen LogP contribution in [0.3, 0.4) is 0 Å². The molecule has 0 atom stereocenters. The molecule has 0 aromatic heterocycles. The zero-order valence-corrected chi connectivity index (χ0v) is 14.7. The van der Waals surface area contributed by atoms with E-state index in [1.54, 1.807) is 26.2 Å². The third kappa shape index (κ3) is 4.95. The maximum atomic E-state index is 12.9. The van der Waals surface area contributed by atoms with Crippen LogP contribution in [0.25, 0.3) is 0 Å². The molecule has 0 fully saturated rings. The topological polar surface area (TPSA) is 46.6 Å². The fourth-order valence-electron chi connectivity index (χ4n) is 2.05. The fraction of sp³-hybridized carbons (Fsp3) is 0.600. The van der Waals surface area contributed by atoms with E-state index in [0.29, 0.717) is 30.5 Å². The van der Waals surface area contributed by atoms with Gasteiger partial charge < -0.3 is 4.74 Å². The zero-order valence-electron chi connectivity index (χ0n) is 13.1. The SMILES string of the molecule is COCCN(CC(C)C)S(=O)(=O)c1cc(CCl)ccc1C. The molecule has 0 aliphatic carbocycles. The van der Waals surface area contributed by atoms with Crippen molar-refractivity contribution in [3.05, 3.63) is 29.3 Å². The summed E-state index contributed by atoms with van der Waals surface area (Å²) in [5.41, 5.74) is 1.53. The first kappa shape index (κ1) is 18.4. The van der Waals surface area contributed by atoms with Crippen LogP contribution >= 0.6 is 11.6 Å². The van der Waals surface area contributed by atoms with Crippen LogP contribution in [0.4, 0.5) is 0 Å². The largest absolute Gasteiger partial charge is 0.383 e. The van der Waals surface area contributed by atoms with E-state index in [1.807, 2.05) is 19.9 Å². The highest BCUT2D eigenvalue weighted by molar-refractivity contribution is 7.89. The van der Waals surface area contributed by atoms with Crippen LogP contribution in [-0.2, 0) is 20.6 Å². The Morgan fingerprint density at radius 3 is 2.52 bits per heavy atom. The van der Waals surface area contributed by atoms with E-state index in [-0.39, 0.29) is 5.92 Å². The molecule has 0 N–H and O–H groups in total. The molecule has 120 valence electrons. The summed E-state index contributed by atoms with van der Waals surface area (Å²) in [6, 6.07) is 5.32. The number of hydrogen-bond donors (Lipinski definition) is 0. The Morgan fingerprint density at radius 1 is 1.33 bits per heavy atom. The molecule has 0 amide bonds. The number of ether oxygens (including phenoxy) is 1. The number of sulfonamides is 1. The number of nitrogens with zero attached hydrogens (tertiary/aromatic N) is 1. The van der Waals surface area contributed by atoms with E-state index >= 15 is 0 Å². The highest BCUT2D eigenvalue weighted by Crippen LogP contribution is 2.23. The van der Waals surface area contributed by atoms with Gasteiger partial charge >= 0.3 is 0 Å². The quantitative estimate of drug-likeness (QED) is 0.687. The molecule has 21 heavy (non-hydrogen) atoms. The summed E-state index contributed by atoms with van der Waals surface area (Å²) in [5.74, 6) is 0.540. The standard InChI is InChI=1S/C15H24ClNO3S/c1-12(2)11-17(7-8-20-4)21(18,19)15-9-14(10-16)6-5-13(15)3/h5-6,9,12H,7-8,10-11H2,1-4H3. The first-order valence-electron chi connectivity index (χ1n) is 6.97. The third-order valence-corrected chi connectivity index (χ3v) is 5.45. The molecule has 0 heterocycles. The second kappa shape index (κ2) is 8.13. The first-order chi connectivity index (χ1) is 9.82. The van der Waals surface area contributed by atoms with Crippen molar-refractivity contribution in [1.29, 1.82) is 0 Å². The van der Waals surface area contributed by atoms with Crippen molar-refractivity contribution in [3.63, 3.8) is 0 Å². The number of hydrogen-bond acceptors (Lipinski definition) is 3. The molecule has 0 spiro atoms. The summed E-state index contributed by atoms with van der Waals surface area (Å²) in [7, 11) is -1.97. The highest BCUT2D eigenvalue weighted by Gasteiger charge is 2.26. The van der Waals surface area contributed by atoms with Crippen molar-refractivity contribution in [3.8, 4) is 0 Å². The van der Waals surface area contributed by atoms with Crippen molar-refractivity contribution < 1.29 is 13.2 Å². The normalized spacial score (nSPS) is 12.3. The van der Waals surface area contributed by atoms with E-state index in [9.17, 15) is 8.42 Å². The molecule has 1 aromatic rings. The number of halogens is 1. The number of benzene rings is 1. The predicted molar refractivity (Wildman–Crippen MR) is 86.2 cm³/mol. The van der Waals surface area contributed by atoms with Gasteiger partial charge in [-0.2, -0.15) is 4.31 Å².